The van der Waals surface area contributed by atoms with Gasteiger partial charge in [0.15, 0.2) is 0 Å². The van der Waals surface area contributed by atoms with Crippen LogP contribution in [0.15, 0.2) is 31.4 Å². The zero-order valence-corrected chi connectivity index (χ0v) is 8.98. The van der Waals surface area contributed by atoms with Crippen molar-refractivity contribution < 1.29 is 0 Å². The number of anilines is 2. The predicted octanol–water partition coefficient (Wildman–Crippen LogP) is 1.55. The van der Waals surface area contributed by atoms with Crippen LogP contribution in [0.3, 0.4) is 0 Å². The molecule has 0 aliphatic rings. The van der Waals surface area contributed by atoms with Gasteiger partial charge in [-0.05, 0) is 6.92 Å². The molecule has 4 nitrogen and oxygen atoms in total. The highest BCUT2D eigenvalue weighted by Crippen LogP contribution is 2.13. The Hall–Kier alpha value is -1.84. The van der Waals surface area contributed by atoms with E-state index in [0.29, 0.717) is 19.0 Å². The molecule has 1 rings (SSSR count). The second kappa shape index (κ2) is 5.14. The van der Waals surface area contributed by atoms with Crippen molar-refractivity contribution in [3.8, 4) is 0 Å². The summed E-state index contributed by atoms with van der Waals surface area (Å²) in [7, 11) is 0. The lowest BCUT2D eigenvalue weighted by atomic mass is 10.3. The van der Waals surface area contributed by atoms with Crippen molar-refractivity contribution in [2.75, 3.05) is 23.7 Å². The number of aromatic nitrogens is 2. The maximum atomic E-state index is 5.59. The molecule has 0 radical (unpaired) electrons. The minimum Gasteiger partial charge on any atom is -0.368 e. The third kappa shape index (κ3) is 3.09. The molecule has 80 valence electrons. The first kappa shape index (κ1) is 11.2. The Morgan fingerprint density at radius 1 is 1.33 bits per heavy atom. The summed E-state index contributed by atoms with van der Waals surface area (Å²) in [6.07, 6.45) is 3.63. The Morgan fingerprint density at radius 2 is 1.93 bits per heavy atom. The van der Waals surface area contributed by atoms with Crippen molar-refractivity contribution in [1.29, 1.82) is 0 Å². The van der Waals surface area contributed by atoms with Crippen molar-refractivity contribution in [1.82, 2.24) is 9.97 Å². The van der Waals surface area contributed by atoms with E-state index in [9.17, 15) is 0 Å². The molecule has 1 aromatic rings. The van der Waals surface area contributed by atoms with E-state index in [1.807, 2.05) is 30.0 Å². The van der Waals surface area contributed by atoms with Crippen LogP contribution < -0.4 is 10.6 Å². The van der Waals surface area contributed by atoms with Crippen LogP contribution in [0.5, 0.6) is 0 Å². The average Bonchev–Trinajstić information content (AvgIpc) is 2.16. The number of aryl methyl sites for hydroxylation is 1. The molecule has 1 aromatic heterocycles. The summed E-state index contributed by atoms with van der Waals surface area (Å²) in [5.74, 6) is 1.10. The Bertz CT molecular complexity index is 329. The molecule has 0 spiro atoms. The van der Waals surface area contributed by atoms with Gasteiger partial charge in [0, 0.05) is 24.8 Å². The van der Waals surface area contributed by atoms with Crippen LogP contribution in [-0.2, 0) is 0 Å². The second-order valence-electron chi connectivity index (χ2n) is 3.21. The van der Waals surface area contributed by atoms with Gasteiger partial charge in [0.1, 0.15) is 5.82 Å². The quantitative estimate of drug-likeness (QED) is 0.739. The molecule has 0 bridgehead atoms. The van der Waals surface area contributed by atoms with E-state index < -0.39 is 0 Å². The molecule has 4 heteroatoms. The first-order valence-electron chi connectivity index (χ1n) is 4.75. The van der Waals surface area contributed by atoms with E-state index in [-0.39, 0.29) is 0 Å². The minimum absolute atomic E-state index is 0.295. The largest absolute Gasteiger partial charge is 0.368 e. The Balaban J connectivity index is 2.98. The molecule has 2 N–H and O–H groups in total. The van der Waals surface area contributed by atoms with Gasteiger partial charge in [-0.1, -0.05) is 12.2 Å². The van der Waals surface area contributed by atoms with E-state index in [0.717, 1.165) is 11.5 Å². The van der Waals surface area contributed by atoms with Crippen LogP contribution in [0.2, 0.25) is 0 Å². The van der Waals surface area contributed by atoms with Crippen molar-refractivity contribution in [2.45, 2.75) is 6.92 Å². The van der Waals surface area contributed by atoms with E-state index in [1.165, 1.54) is 0 Å². The number of hydrogen-bond donors (Lipinski definition) is 1. The highest BCUT2D eigenvalue weighted by Gasteiger charge is 2.06. The van der Waals surface area contributed by atoms with Crippen molar-refractivity contribution in [3.63, 3.8) is 0 Å². The Morgan fingerprint density at radius 3 is 2.40 bits per heavy atom. The first-order valence-corrected chi connectivity index (χ1v) is 4.75. The highest BCUT2D eigenvalue weighted by atomic mass is 15.2. The third-order valence-electron chi connectivity index (χ3n) is 1.88. The molecular formula is C11H16N4. The predicted molar refractivity (Wildman–Crippen MR) is 63.8 cm³/mol. The molecule has 0 fully saturated rings. The van der Waals surface area contributed by atoms with Crippen molar-refractivity contribution in [2.24, 2.45) is 0 Å². The summed E-state index contributed by atoms with van der Waals surface area (Å²) >= 11 is 0. The SMILES string of the molecule is C=CCN(CC=C)c1cc(C)nc(N)n1. The molecule has 0 atom stereocenters. The first-order chi connectivity index (χ1) is 7.17. The number of nitrogens with two attached hydrogens (primary N) is 1. The van der Waals surface area contributed by atoms with Gasteiger partial charge < -0.3 is 10.6 Å². The maximum absolute atomic E-state index is 5.59. The summed E-state index contributed by atoms with van der Waals surface area (Å²) < 4.78 is 0. The fraction of sp³-hybridized carbons (Fsp3) is 0.273. The van der Waals surface area contributed by atoms with Crippen LogP contribution >= 0.6 is 0 Å². The molecule has 0 unspecified atom stereocenters. The van der Waals surface area contributed by atoms with Crippen LogP contribution in [0.25, 0.3) is 0 Å². The van der Waals surface area contributed by atoms with Gasteiger partial charge in [0.05, 0.1) is 0 Å². The van der Waals surface area contributed by atoms with E-state index in [2.05, 4.69) is 23.1 Å². The summed E-state index contributed by atoms with van der Waals surface area (Å²) in [5, 5.41) is 0. The lowest BCUT2D eigenvalue weighted by Crippen LogP contribution is -2.24. The van der Waals surface area contributed by atoms with Crippen LogP contribution in [0.4, 0.5) is 11.8 Å². The van der Waals surface area contributed by atoms with Crippen molar-refractivity contribution >= 4 is 11.8 Å². The van der Waals surface area contributed by atoms with Gasteiger partial charge in [-0.25, -0.2) is 4.98 Å². The van der Waals surface area contributed by atoms with Gasteiger partial charge in [0.2, 0.25) is 5.95 Å². The third-order valence-corrected chi connectivity index (χ3v) is 1.88. The van der Waals surface area contributed by atoms with Crippen LogP contribution in [0, 0.1) is 6.92 Å². The van der Waals surface area contributed by atoms with E-state index >= 15 is 0 Å². The number of nitrogens with zero attached hydrogens (tertiary/aromatic N) is 3. The smallest absolute Gasteiger partial charge is 0.222 e. The normalized spacial score (nSPS) is 9.67. The molecule has 15 heavy (non-hydrogen) atoms. The Kier molecular flexibility index (Phi) is 3.85. The summed E-state index contributed by atoms with van der Waals surface area (Å²) in [6, 6.07) is 1.89. The van der Waals surface area contributed by atoms with Gasteiger partial charge in [0.25, 0.3) is 0 Å². The number of hydrogen-bond acceptors (Lipinski definition) is 4. The number of rotatable bonds is 5. The summed E-state index contributed by atoms with van der Waals surface area (Å²) in [5.41, 5.74) is 6.45. The highest BCUT2D eigenvalue weighted by molar-refractivity contribution is 5.44. The van der Waals surface area contributed by atoms with E-state index in [4.69, 9.17) is 5.73 Å². The fourth-order valence-electron chi connectivity index (χ4n) is 1.31. The van der Waals surface area contributed by atoms with Crippen LogP contribution in [0.1, 0.15) is 5.69 Å². The zero-order chi connectivity index (χ0) is 11.3. The summed E-state index contributed by atoms with van der Waals surface area (Å²) in [4.78, 5) is 10.2. The topological polar surface area (TPSA) is 55.0 Å². The lowest BCUT2D eigenvalue weighted by molar-refractivity contribution is 0.915. The maximum Gasteiger partial charge on any atom is 0.222 e. The minimum atomic E-state index is 0.295. The second-order valence-corrected chi connectivity index (χ2v) is 3.21. The molecule has 0 aliphatic heterocycles. The van der Waals surface area contributed by atoms with Crippen molar-refractivity contribution in [3.05, 3.63) is 37.1 Å². The van der Waals surface area contributed by atoms with Gasteiger partial charge >= 0.3 is 0 Å². The molecule has 0 amide bonds. The zero-order valence-electron chi connectivity index (χ0n) is 8.98. The standard InChI is InChI=1S/C11H16N4/c1-4-6-15(7-5-2)10-8-9(3)13-11(12)14-10/h4-5,8H,1-2,6-7H2,3H3,(H2,12,13,14). The fourth-order valence-corrected chi connectivity index (χ4v) is 1.31. The molecule has 0 aromatic carbocycles. The Labute approximate surface area is 90.1 Å². The van der Waals surface area contributed by atoms with Gasteiger partial charge in [-0.2, -0.15) is 4.98 Å². The monoisotopic (exact) mass is 204 g/mol. The van der Waals surface area contributed by atoms with E-state index in [1.54, 1.807) is 0 Å². The lowest BCUT2D eigenvalue weighted by Gasteiger charge is -2.20. The van der Waals surface area contributed by atoms with Gasteiger partial charge in [-0.15, -0.1) is 13.2 Å². The number of nitrogen functional groups attached to an aromatic ring is 1. The summed E-state index contributed by atoms with van der Waals surface area (Å²) in [6.45, 7) is 10.7. The molecule has 0 saturated heterocycles. The van der Waals surface area contributed by atoms with Gasteiger partial charge in [-0.3, -0.25) is 0 Å². The average molecular weight is 204 g/mol. The molecular weight excluding hydrogens is 188 g/mol. The molecule has 0 saturated carbocycles. The molecule has 1 heterocycles. The van der Waals surface area contributed by atoms with Crippen LogP contribution in [-0.4, -0.2) is 23.1 Å². The molecule has 0 aliphatic carbocycles.